The van der Waals surface area contributed by atoms with Crippen LogP contribution in [0.15, 0.2) is 24.3 Å². The lowest BCUT2D eigenvalue weighted by Gasteiger charge is -2.14. The van der Waals surface area contributed by atoms with Crippen LogP contribution in [-0.2, 0) is 20.1 Å². The van der Waals surface area contributed by atoms with Crippen molar-refractivity contribution in [2.24, 2.45) is 0 Å². The van der Waals surface area contributed by atoms with E-state index in [1.807, 2.05) is 0 Å². The molecule has 0 fully saturated rings. The third-order valence-corrected chi connectivity index (χ3v) is 5.19. The summed E-state index contributed by atoms with van der Waals surface area (Å²) in [5.41, 5.74) is 0.390. The second kappa shape index (κ2) is 11.3. The van der Waals surface area contributed by atoms with Crippen molar-refractivity contribution < 1.29 is 37.3 Å². The molecule has 0 atom stereocenters. The number of hydrogen-bond donors (Lipinski definition) is 0. The summed E-state index contributed by atoms with van der Waals surface area (Å²) in [6.45, 7) is -0.110. The third-order valence-electron chi connectivity index (χ3n) is 4.06. The molecule has 162 valence electrons. The van der Waals surface area contributed by atoms with Gasteiger partial charge in [-0.1, -0.05) is 31.9 Å². The molecular formula is C20H18Br2F2O6. The Balaban J connectivity index is 2.07. The lowest BCUT2D eigenvalue weighted by molar-refractivity contribution is 0.0590. The van der Waals surface area contributed by atoms with Gasteiger partial charge in [-0.25, -0.2) is 18.4 Å². The minimum atomic E-state index is -0.699. The van der Waals surface area contributed by atoms with Crippen LogP contribution >= 0.6 is 31.9 Å². The minimum Gasteiger partial charge on any atom is -0.490 e. The fraction of sp³-hybridized carbons (Fsp3) is 0.300. The predicted octanol–water partition coefficient (Wildman–Crippen LogP) is 4.79. The van der Waals surface area contributed by atoms with E-state index >= 15 is 0 Å². The Morgan fingerprint density at radius 2 is 1.47 bits per heavy atom. The first-order chi connectivity index (χ1) is 14.4. The number of hydrogen-bond acceptors (Lipinski definition) is 6. The summed E-state index contributed by atoms with van der Waals surface area (Å²) in [6, 6.07) is 5.21. The van der Waals surface area contributed by atoms with E-state index in [1.54, 1.807) is 0 Å². The van der Waals surface area contributed by atoms with Crippen LogP contribution in [0.2, 0.25) is 0 Å². The normalized spacial score (nSPS) is 10.5. The number of esters is 2. The Kier molecular flexibility index (Phi) is 9.04. The molecule has 2 aromatic carbocycles. The van der Waals surface area contributed by atoms with Gasteiger partial charge in [-0.15, -0.1) is 0 Å². The molecule has 0 aliphatic carbocycles. The highest BCUT2D eigenvalue weighted by Crippen LogP contribution is 2.27. The van der Waals surface area contributed by atoms with Crippen LogP contribution in [0.5, 0.6) is 11.5 Å². The quantitative estimate of drug-likeness (QED) is 0.254. The van der Waals surface area contributed by atoms with Crippen molar-refractivity contribution in [3.05, 3.63) is 58.2 Å². The Morgan fingerprint density at radius 1 is 0.867 bits per heavy atom. The Bertz CT molecular complexity index is 936. The highest BCUT2D eigenvalue weighted by atomic mass is 79.9. The lowest BCUT2D eigenvalue weighted by atomic mass is 10.1. The minimum absolute atomic E-state index is 0.0386. The molecule has 30 heavy (non-hydrogen) atoms. The van der Waals surface area contributed by atoms with Crippen LogP contribution in [0.4, 0.5) is 8.78 Å². The summed E-state index contributed by atoms with van der Waals surface area (Å²) < 4.78 is 48.9. The number of halogens is 4. The summed E-state index contributed by atoms with van der Waals surface area (Å²) in [6.07, 6.45) is 0. The zero-order valence-corrected chi connectivity index (χ0v) is 19.3. The first-order valence-electron chi connectivity index (χ1n) is 8.55. The highest BCUT2D eigenvalue weighted by molar-refractivity contribution is 9.08. The largest absolute Gasteiger partial charge is 0.490 e. The van der Waals surface area contributed by atoms with E-state index in [1.165, 1.54) is 32.4 Å². The van der Waals surface area contributed by atoms with Gasteiger partial charge in [0.15, 0.2) is 11.6 Å². The molecule has 0 radical (unpaired) electrons. The molecule has 0 aliphatic heterocycles. The van der Waals surface area contributed by atoms with Gasteiger partial charge < -0.3 is 18.9 Å². The van der Waals surface area contributed by atoms with Crippen molar-refractivity contribution in [2.75, 3.05) is 27.4 Å². The van der Waals surface area contributed by atoms with Gasteiger partial charge in [-0.2, -0.15) is 0 Å². The molecule has 0 aromatic heterocycles. The molecule has 0 aliphatic rings. The fourth-order valence-electron chi connectivity index (χ4n) is 2.58. The average Bonchev–Trinajstić information content (AvgIpc) is 2.75. The van der Waals surface area contributed by atoms with Crippen molar-refractivity contribution in [1.29, 1.82) is 0 Å². The van der Waals surface area contributed by atoms with E-state index in [0.29, 0.717) is 0 Å². The molecule has 10 heteroatoms. The Labute approximate surface area is 188 Å². The predicted molar refractivity (Wildman–Crippen MR) is 112 cm³/mol. The van der Waals surface area contributed by atoms with Gasteiger partial charge in [-0.05, 0) is 18.2 Å². The highest BCUT2D eigenvalue weighted by Gasteiger charge is 2.20. The molecule has 0 bridgehead atoms. The van der Waals surface area contributed by atoms with Gasteiger partial charge in [0.2, 0.25) is 0 Å². The SMILES string of the molecule is COC(=O)c1cc(OCCOc2ccc(C(=O)OC)c(CBr)c2F)cc(F)c1CBr. The number of carbonyl (C=O) groups excluding carboxylic acids is 2. The van der Waals surface area contributed by atoms with Gasteiger partial charge in [0.05, 0.1) is 25.3 Å². The zero-order valence-electron chi connectivity index (χ0n) is 16.1. The maximum Gasteiger partial charge on any atom is 0.338 e. The van der Waals surface area contributed by atoms with Crippen LogP contribution in [0.1, 0.15) is 31.8 Å². The van der Waals surface area contributed by atoms with Crippen LogP contribution in [0, 0.1) is 11.6 Å². The van der Waals surface area contributed by atoms with E-state index in [9.17, 15) is 18.4 Å². The van der Waals surface area contributed by atoms with E-state index in [-0.39, 0.29) is 57.6 Å². The van der Waals surface area contributed by atoms with Crippen LogP contribution < -0.4 is 9.47 Å². The molecule has 0 N–H and O–H groups in total. The summed E-state index contributed by atoms with van der Waals surface area (Å²) in [4.78, 5) is 23.5. The van der Waals surface area contributed by atoms with E-state index in [0.717, 1.165) is 6.07 Å². The summed E-state index contributed by atoms with van der Waals surface area (Å²) >= 11 is 6.27. The smallest absolute Gasteiger partial charge is 0.338 e. The molecule has 0 heterocycles. The van der Waals surface area contributed by atoms with Crippen molar-refractivity contribution >= 4 is 43.8 Å². The first kappa shape index (κ1) is 24.1. The van der Waals surface area contributed by atoms with E-state index in [2.05, 4.69) is 41.3 Å². The molecule has 0 saturated heterocycles. The molecular weight excluding hydrogens is 534 g/mol. The van der Waals surface area contributed by atoms with Gasteiger partial charge in [0.1, 0.15) is 24.8 Å². The molecule has 2 aromatic rings. The first-order valence-corrected chi connectivity index (χ1v) is 10.8. The molecule has 0 spiro atoms. The van der Waals surface area contributed by atoms with Crippen molar-refractivity contribution in [1.82, 2.24) is 0 Å². The fourth-order valence-corrected chi connectivity index (χ4v) is 3.70. The molecule has 6 nitrogen and oxygen atoms in total. The monoisotopic (exact) mass is 550 g/mol. The van der Waals surface area contributed by atoms with Crippen molar-refractivity contribution in [3.63, 3.8) is 0 Å². The summed E-state index contributed by atoms with van der Waals surface area (Å²) in [7, 11) is 2.40. The molecule has 0 amide bonds. The summed E-state index contributed by atoms with van der Waals surface area (Å²) in [5.74, 6) is -2.65. The summed E-state index contributed by atoms with van der Waals surface area (Å²) in [5, 5.41) is 0.218. The van der Waals surface area contributed by atoms with Crippen LogP contribution in [0.25, 0.3) is 0 Å². The van der Waals surface area contributed by atoms with Crippen LogP contribution in [-0.4, -0.2) is 39.4 Å². The number of carbonyl (C=O) groups is 2. The number of benzene rings is 2. The molecule has 2 rings (SSSR count). The van der Waals surface area contributed by atoms with Gasteiger partial charge in [-0.3, -0.25) is 0 Å². The lowest BCUT2D eigenvalue weighted by Crippen LogP contribution is -2.13. The third kappa shape index (κ3) is 5.48. The Morgan fingerprint density at radius 3 is 2.07 bits per heavy atom. The maximum atomic E-state index is 14.6. The molecule has 0 saturated carbocycles. The maximum absolute atomic E-state index is 14.6. The number of ether oxygens (including phenoxy) is 4. The van der Waals surface area contributed by atoms with Gasteiger partial charge >= 0.3 is 11.9 Å². The molecule has 0 unspecified atom stereocenters. The average molecular weight is 552 g/mol. The van der Waals surface area contributed by atoms with Gasteiger partial charge in [0, 0.05) is 27.9 Å². The second-order valence-corrected chi connectivity index (χ2v) is 6.90. The van der Waals surface area contributed by atoms with Crippen molar-refractivity contribution in [3.8, 4) is 11.5 Å². The van der Waals surface area contributed by atoms with Gasteiger partial charge in [0.25, 0.3) is 0 Å². The second-order valence-electron chi connectivity index (χ2n) is 5.78. The number of rotatable bonds is 9. The van der Waals surface area contributed by atoms with E-state index < -0.39 is 23.6 Å². The van der Waals surface area contributed by atoms with Crippen molar-refractivity contribution in [2.45, 2.75) is 10.7 Å². The number of methoxy groups -OCH3 is 2. The topological polar surface area (TPSA) is 71.1 Å². The Hall–Kier alpha value is -2.20. The number of alkyl halides is 2. The standard InChI is InChI=1S/C20H18Br2F2O6/c1-27-19(25)12-3-4-17(18(24)15(12)10-22)30-6-5-29-11-7-13(20(26)28-2)14(9-21)16(23)8-11/h3-4,7-8H,5-6,9-10H2,1-2H3. The van der Waals surface area contributed by atoms with E-state index in [4.69, 9.17) is 9.47 Å². The van der Waals surface area contributed by atoms with Crippen LogP contribution in [0.3, 0.4) is 0 Å². The zero-order chi connectivity index (χ0) is 22.3.